The van der Waals surface area contributed by atoms with Crippen molar-refractivity contribution >= 4 is 27.7 Å². The zero-order chi connectivity index (χ0) is 17.2. The van der Waals surface area contributed by atoms with Crippen molar-refractivity contribution in [2.45, 2.75) is 6.54 Å². The molecule has 0 spiro atoms. The van der Waals surface area contributed by atoms with E-state index in [0.717, 1.165) is 16.5 Å². The molecular weight excluding hydrogens is 314 g/mol. The standard InChI is InChI=1S/C20H15N3O2/c24-19-15-8-1-2-9-17(15)22-12-16(19)20(25)23-11-14-6-3-5-13-7-4-10-21-18(13)14/h1-10,12H,11H2,(H,22,24)(H,23,25). The summed E-state index contributed by atoms with van der Waals surface area (Å²) in [5, 5.41) is 4.33. The zero-order valence-corrected chi connectivity index (χ0v) is 13.3. The van der Waals surface area contributed by atoms with E-state index in [4.69, 9.17) is 0 Å². The molecule has 0 aliphatic carbocycles. The highest BCUT2D eigenvalue weighted by atomic mass is 16.2. The van der Waals surface area contributed by atoms with Gasteiger partial charge in [0.05, 0.1) is 5.52 Å². The van der Waals surface area contributed by atoms with E-state index >= 15 is 0 Å². The number of pyridine rings is 2. The Balaban J connectivity index is 1.62. The first-order chi connectivity index (χ1) is 12.2. The van der Waals surface area contributed by atoms with Crippen molar-refractivity contribution < 1.29 is 4.79 Å². The van der Waals surface area contributed by atoms with E-state index in [0.29, 0.717) is 17.4 Å². The Morgan fingerprint density at radius 1 is 1.04 bits per heavy atom. The van der Waals surface area contributed by atoms with Gasteiger partial charge in [-0.15, -0.1) is 0 Å². The van der Waals surface area contributed by atoms with Gasteiger partial charge in [0.1, 0.15) is 5.56 Å². The molecule has 0 atom stereocenters. The molecule has 122 valence electrons. The molecule has 1 amide bonds. The van der Waals surface area contributed by atoms with Crippen LogP contribution in [-0.2, 0) is 6.54 Å². The van der Waals surface area contributed by atoms with E-state index in [-0.39, 0.29) is 11.0 Å². The van der Waals surface area contributed by atoms with Gasteiger partial charge in [0.25, 0.3) is 5.91 Å². The summed E-state index contributed by atoms with van der Waals surface area (Å²) < 4.78 is 0. The van der Waals surface area contributed by atoms with E-state index in [1.54, 1.807) is 24.4 Å². The Morgan fingerprint density at radius 3 is 2.80 bits per heavy atom. The Kier molecular flexibility index (Phi) is 3.74. The monoisotopic (exact) mass is 329 g/mol. The Labute approximate surface area is 143 Å². The normalized spacial score (nSPS) is 10.9. The molecule has 25 heavy (non-hydrogen) atoms. The highest BCUT2D eigenvalue weighted by Crippen LogP contribution is 2.15. The fourth-order valence-electron chi connectivity index (χ4n) is 2.92. The van der Waals surface area contributed by atoms with Gasteiger partial charge < -0.3 is 10.3 Å². The van der Waals surface area contributed by atoms with Crippen molar-refractivity contribution in [3.8, 4) is 0 Å². The summed E-state index contributed by atoms with van der Waals surface area (Å²) in [6, 6.07) is 16.8. The van der Waals surface area contributed by atoms with Gasteiger partial charge in [0.2, 0.25) is 5.43 Å². The number of fused-ring (bicyclic) bond motifs is 2. The minimum atomic E-state index is -0.403. The number of H-pyrrole nitrogens is 1. The number of rotatable bonds is 3. The molecule has 0 bridgehead atoms. The predicted octanol–water partition coefficient (Wildman–Crippen LogP) is 3.01. The summed E-state index contributed by atoms with van der Waals surface area (Å²) in [4.78, 5) is 32.3. The van der Waals surface area contributed by atoms with Crippen LogP contribution in [0.5, 0.6) is 0 Å². The molecule has 5 nitrogen and oxygen atoms in total. The first-order valence-electron chi connectivity index (χ1n) is 7.95. The van der Waals surface area contributed by atoms with Gasteiger partial charge in [-0.1, -0.05) is 36.4 Å². The lowest BCUT2D eigenvalue weighted by molar-refractivity contribution is 0.0950. The number of hydrogen-bond acceptors (Lipinski definition) is 3. The van der Waals surface area contributed by atoms with Crippen molar-refractivity contribution in [3.05, 3.63) is 88.3 Å². The molecule has 2 N–H and O–H groups in total. The molecule has 0 saturated carbocycles. The molecule has 0 saturated heterocycles. The lowest BCUT2D eigenvalue weighted by Gasteiger charge is -2.08. The number of para-hydroxylation sites is 2. The van der Waals surface area contributed by atoms with Crippen LogP contribution in [0, 0.1) is 0 Å². The van der Waals surface area contributed by atoms with Crippen molar-refractivity contribution in [2.24, 2.45) is 0 Å². The van der Waals surface area contributed by atoms with Gasteiger partial charge in [-0.05, 0) is 23.8 Å². The van der Waals surface area contributed by atoms with Crippen LogP contribution in [0.2, 0.25) is 0 Å². The lowest BCUT2D eigenvalue weighted by atomic mass is 10.1. The number of benzene rings is 2. The number of aromatic nitrogens is 2. The second-order valence-corrected chi connectivity index (χ2v) is 5.75. The van der Waals surface area contributed by atoms with Crippen LogP contribution < -0.4 is 10.7 Å². The van der Waals surface area contributed by atoms with Crippen LogP contribution in [0.4, 0.5) is 0 Å². The molecule has 0 radical (unpaired) electrons. The number of carbonyl (C=O) groups excluding carboxylic acids is 1. The minimum absolute atomic E-state index is 0.104. The molecule has 2 heterocycles. The second kappa shape index (κ2) is 6.20. The smallest absolute Gasteiger partial charge is 0.257 e. The van der Waals surface area contributed by atoms with Crippen molar-refractivity contribution in [3.63, 3.8) is 0 Å². The van der Waals surface area contributed by atoms with Crippen LogP contribution in [0.1, 0.15) is 15.9 Å². The third-order valence-electron chi connectivity index (χ3n) is 4.19. The quantitative estimate of drug-likeness (QED) is 0.607. The summed E-state index contributed by atoms with van der Waals surface area (Å²) in [6.07, 6.45) is 3.18. The maximum atomic E-state index is 12.5. The largest absolute Gasteiger partial charge is 0.360 e. The van der Waals surface area contributed by atoms with Gasteiger partial charge >= 0.3 is 0 Å². The molecule has 4 rings (SSSR count). The van der Waals surface area contributed by atoms with Gasteiger partial charge in [-0.3, -0.25) is 14.6 Å². The van der Waals surface area contributed by atoms with Crippen molar-refractivity contribution in [1.29, 1.82) is 0 Å². The van der Waals surface area contributed by atoms with E-state index in [9.17, 15) is 9.59 Å². The maximum Gasteiger partial charge on any atom is 0.257 e. The first kappa shape index (κ1) is 15.1. The first-order valence-corrected chi connectivity index (χ1v) is 7.95. The number of carbonyl (C=O) groups is 1. The van der Waals surface area contributed by atoms with Crippen LogP contribution in [0.15, 0.2) is 71.8 Å². The molecule has 0 aliphatic heterocycles. The molecule has 4 aromatic rings. The highest BCUT2D eigenvalue weighted by Gasteiger charge is 2.13. The fraction of sp³-hybridized carbons (Fsp3) is 0.0500. The van der Waals surface area contributed by atoms with Crippen molar-refractivity contribution in [2.75, 3.05) is 0 Å². The zero-order valence-electron chi connectivity index (χ0n) is 13.3. The van der Waals surface area contributed by atoms with Gasteiger partial charge in [0, 0.05) is 35.2 Å². The van der Waals surface area contributed by atoms with E-state index < -0.39 is 5.91 Å². The molecule has 0 aliphatic rings. The number of nitrogens with zero attached hydrogens (tertiary/aromatic N) is 1. The third-order valence-corrected chi connectivity index (χ3v) is 4.19. The SMILES string of the molecule is O=C(NCc1cccc2cccnc12)c1c[nH]c2ccccc2c1=O. The third kappa shape index (κ3) is 2.76. The molecule has 0 unspecified atom stereocenters. The Hall–Kier alpha value is -3.47. The number of hydrogen-bond donors (Lipinski definition) is 2. The summed E-state index contributed by atoms with van der Waals surface area (Å²) in [7, 11) is 0. The summed E-state index contributed by atoms with van der Waals surface area (Å²) in [5.41, 5.74) is 2.29. The average molecular weight is 329 g/mol. The summed E-state index contributed by atoms with van der Waals surface area (Å²) in [5.74, 6) is -0.403. The van der Waals surface area contributed by atoms with Crippen LogP contribution in [0.3, 0.4) is 0 Å². The molecule has 2 aromatic carbocycles. The van der Waals surface area contributed by atoms with Crippen molar-refractivity contribution in [1.82, 2.24) is 15.3 Å². The molecular formula is C20H15N3O2. The summed E-state index contributed by atoms with van der Waals surface area (Å²) >= 11 is 0. The van der Waals surface area contributed by atoms with Crippen LogP contribution >= 0.6 is 0 Å². The van der Waals surface area contributed by atoms with E-state index in [2.05, 4.69) is 15.3 Å². The topological polar surface area (TPSA) is 74.8 Å². The minimum Gasteiger partial charge on any atom is -0.360 e. The van der Waals surface area contributed by atoms with Gasteiger partial charge in [0.15, 0.2) is 0 Å². The van der Waals surface area contributed by atoms with Gasteiger partial charge in [-0.25, -0.2) is 0 Å². The number of aromatic amines is 1. The Bertz CT molecular complexity index is 1140. The number of amides is 1. The summed E-state index contributed by atoms with van der Waals surface area (Å²) in [6.45, 7) is 0.305. The van der Waals surface area contributed by atoms with Gasteiger partial charge in [-0.2, -0.15) is 0 Å². The fourth-order valence-corrected chi connectivity index (χ4v) is 2.92. The molecule has 0 fully saturated rings. The average Bonchev–Trinajstić information content (AvgIpc) is 2.66. The Morgan fingerprint density at radius 2 is 1.88 bits per heavy atom. The maximum absolute atomic E-state index is 12.5. The van der Waals surface area contributed by atoms with E-state index in [1.165, 1.54) is 6.20 Å². The van der Waals surface area contributed by atoms with Crippen LogP contribution in [0.25, 0.3) is 21.8 Å². The molecule has 2 aromatic heterocycles. The lowest BCUT2D eigenvalue weighted by Crippen LogP contribution is -2.28. The highest BCUT2D eigenvalue weighted by molar-refractivity contribution is 5.97. The number of nitrogens with one attached hydrogen (secondary N) is 2. The predicted molar refractivity (Wildman–Crippen MR) is 97.5 cm³/mol. The molecule has 5 heteroatoms. The van der Waals surface area contributed by atoms with E-state index in [1.807, 2.05) is 36.4 Å². The van der Waals surface area contributed by atoms with Crippen LogP contribution in [-0.4, -0.2) is 15.9 Å². The second-order valence-electron chi connectivity index (χ2n) is 5.75.